The topological polar surface area (TPSA) is 104 Å². The molecular weight excluding hydrogens is 318 g/mol. The molecule has 0 unspecified atom stereocenters. The van der Waals surface area contributed by atoms with Crippen molar-refractivity contribution in [3.63, 3.8) is 0 Å². The molecule has 4 rings (SSSR count). The van der Waals surface area contributed by atoms with Crippen LogP contribution in [0.15, 0.2) is 29.1 Å². The number of nitrogens with one attached hydrogen (secondary N) is 3. The number of H-pyrrole nitrogens is 2. The molecule has 128 valence electrons. The standard InChI is InChI=1S/C18H19N5O2/c24-17(16-18(25)21-14-9-5-4-8-13(14)20-16)19-10-15-11-6-2-1-3-7-12(11)22-23-15/h4-5,8-9H,1-3,6-7,10H2,(H,19,24)(H,21,25)(H,22,23). The number of amides is 1. The summed E-state index contributed by atoms with van der Waals surface area (Å²) in [5, 5.41) is 10.2. The van der Waals surface area contributed by atoms with Crippen LogP contribution < -0.4 is 10.9 Å². The van der Waals surface area contributed by atoms with Gasteiger partial charge in [0.25, 0.3) is 11.5 Å². The molecule has 2 heterocycles. The van der Waals surface area contributed by atoms with Crippen LogP contribution in [0.5, 0.6) is 0 Å². The lowest BCUT2D eigenvalue weighted by Gasteiger charge is -2.05. The summed E-state index contributed by atoms with van der Waals surface area (Å²) in [6.45, 7) is 0.290. The van der Waals surface area contributed by atoms with E-state index in [0.717, 1.165) is 31.4 Å². The lowest BCUT2D eigenvalue weighted by molar-refractivity contribution is 0.0944. The Bertz CT molecular complexity index is 989. The number of hydrogen-bond acceptors (Lipinski definition) is 4. The molecule has 7 nitrogen and oxygen atoms in total. The molecule has 0 atom stereocenters. The quantitative estimate of drug-likeness (QED) is 0.634. The van der Waals surface area contributed by atoms with Crippen molar-refractivity contribution in [1.29, 1.82) is 0 Å². The van der Waals surface area contributed by atoms with Gasteiger partial charge in [-0.05, 0) is 43.4 Å². The Hall–Kier alpha value is -2.96. The number of hydrogen-bond donors (Lipinski definition) is 3. The van der Waals surface area contributed by atoms with Crippen LogP contribution in [0.25, 0.3) is 11.0 Å². The van der Waals surface area contributed by atoms with Crippen LogP contribution in [0.1, 0.15) is 46.7 Å². The van der Waals surface area contributed by atoms with Gasteiger partial charge in [-0.2, -0.15) is 5.10 Å². The zero-order valence-corrected chi connectivity index (χ0v) is 13.8. The normalized spacial score (nSPS) is 14.1. The van der Waals surface area contributed by atoms with Crippen LogP contribution in [0, 0.1) is 0 Å². The first-order valence-electron chi connectivity index (χ1n) is 8.54. The maximum absolute atomic E-state index is 12.4. The Morgan fingerprint density at radius 2 is 2.00 bits per heavy atom. The molecular formula is C18H19N5O2. The summed E-state index contributed by atoms with van der Waals surface area (Å²) in [7, 11) is 0. The molecule has 1 aliphatic rings. The molecule has 0 spiro atoms. The summed E-state index contributed by atoms with van der Waals surface area (Å²) >= 11 is 0. The fraction of sp³-hybridized carbons (Fsp3) is 0.333. The van der Waals surface area contributed by atoms with E-state index in [0.29, 0.717) is 17.6 Å². The fourth-order valence-corrected chi connectivity index (χ4v) is 3.30. The number of nitrogens with zero attached hydrogens (tertiary/aromatic N) is 2. The molecule has 0 bridgehead atoms. The highest BCUT2D eigenvalue weighted by Crippen LogP contribution is 2.21. The van der Waals surface area contributed by atoms with E-state index in [9.17, 15) is 9.59 Å². The number of fused-ring (bicyclic) bond motifs is 2. The van der Waals surface area contributed by atoms with Crippen molar-refractivity contribution >= 4 is 16.9 Å². The molecule has 2 aromatic heterocycles. The van der Waals surface area contributed by atoms with E-state index < -0.39 is 11.5 Å². The number of para-hydroxylation sites is 2. The number of rotatable bonds is 3. The van der Waals surface area contributed by atoms with Crippen LogP contribution in [0.2, 0.25) is 0 Å². The van der Waals surface area contributed by atoms with E-state index in [1.165, 1.54) is 17.7 Å². The molecule has 25 heavy (non-hydrogen) atoms. The monoisotopic (exact) mass is 337 g/mol. The number of carbonyl (C=O) groups excluding carboxylic acids is 1. The third kappa shape index (κ3) is 3.05. The summed E-state index contributed by atoms with van der Waals surface area (Å²) in [5.74, 6) is -0.489. The van der Waals surface area contributed by atoms with Crippen molar-refractivity contribution in [2.24, 2.45) is 0 Å². The SMILES string of the molecule is O=C(NCc1n[nH]c2c1CCCCC2)c1nc2ccccc2[nH]c1=O. The lowest BCUT2D eigenvalue weighted by atomic mass is 10.1. The summed E-state index contributed by atoms with van der Waals surface area (Å²) in [6, 6.07) is 7.14. The summed E-state index contributed by atoms with van der Waals surface area (Å²) in [6.07, 6.45) is 5.50. The third-order valence-corrected chi connectivity index (χ3v) is 4.62. The number of carbonyl (C=O) groups is 1. The minimum Gasteiger partial charge on any atom is -0.345 e. The lowest BCUT2D eigenvalue weighted by Crippen LogP contribution is -2.31. The summed E-state index contributed by atoms with van der Waals surface area (Å²) < 4.78 is 0. The van der Waals surface area contributed by atoms with Gasteiger partial charge < -0.3 is 10.3 Å². The Kier molecular flexibility index (Phi) is 4.05. The molecule has 1 aliphatic carbocycles. The smallest absolute Gasteiger partial charge is 0.280 e. The highest BCUT2D eigenvalue weighted by Gasteiger charge is 2.18. The molecule has 0 aliphatic heterocycles. The first-order chi connectivity index (χ1) is 12.2. The average Bonchev–Trinajstić information content (AvgIpc) is 2.85. The number of aromatic amines is 2. The third-order valence-electron chi connectivity index (χ3n) is 4.62. The number of benzene rings is 1. The van der Waals surface area contributed by atoms with Gasteiger partial charge in [0, 0.05) is 5.69 Å². The molecule has 3 N–H and O–H groups in total. The summed E-state index contributed by atoms with van der Waals surface area (Å²) in [4.78, 5) is 31.4. The molecule has 1 aromatic carbocycles. The van der Waals surface area contributed by atoms with Gasteiger partial charge in [-0.15, -0.1) is 0 Å². The van der Waals surface area contributed by atoms with Crippen molar-refractivity contribution in [3.8, 4) is 0 Å². The fourth-order valence-electron chi connectivity index (χ4n) is 3.30. The zero-order valence-electron chi connectivity index (χ0n) is 13.8. The Balaban J connectivity index is 1.54. The predicted octanol–water partition coefficient (Wildman–Crippen LogP) is 1.85. The number of aromatic nitrogens is 4. The Morgan fingerprint density at radius 3 is 2.92 bits per heavy atom. The first-order valence-corrected chi connectivity index (χ1v) is 8.54. The van der Waals surface area contributed by atoms with Gasteiger partial charge in [-0.1, -0.05) is 18.6 Å². The molecule has 0 saturated carbocycles. The van der Waals surface area contributed by atoms with Crippen LogP contribution in [0.4, 0.5) is 0 Å². The van der Waals surface area contributed by atoms with Crippen LogP contribution in [-0.2, 0) is 19.4 Å². The van der Waals surface area contributed by atoms with Crippen molar-refractivity contribution in [2.75, 3.05) is 0 Å². The van der Waals surface area contributed by atoms with Crippen molar-refractivity contribution in [1.82, 2.24) is 25.5 Å². The zero-order chi connectivity index (χ0) is 17.2. The van der Waals surface area contributed by atoms with E-state index in [4.69, 9.17) is 0 Å². The molecule has 0 saturated heterocycles. The first kappa shape index (κ1) is 15.6. The summed E-state index contributed by atoms with van der Waals surface area (Å²) in [5.41, 5.74) is 3.81. The van der Waals surface area contributed by atoms with Crippen LogP contribution >= 0.6 is 0 Å². The second-order valence-corrected chi connectivity index (χ2v) is 6.30. The molecule has 0 radical (unpaired) electrons. The average molecular weight is 337 g/mol. The van der Waals surface area contributed by atoms with Gasteiger partial charge in [0.15, 0.2) is 5.69 Å². The van der Waals surface area contributed by atoms with Crippen molar-refractivity contribution < 1.29 is 4.79 Å². The molecule has 1 amide bonds. The molecule has 7 heteroatoms. The maximum atomic E-state index is 12.4. The van der Waals surface area contributed by atoms with Gasteiger partial charge in [-0.3, -0.25) is 14.7 Å². The van der Waals surface area contributed by atoms with E-state index in [1.807, 2.05) is 12.1 Å². The van der Waals surface area contributed by atoms with Gasteiger partial charge in [-0.25, -0.2) is 4.98 Å². The van der Waals surface area contributed by atoms with E-state index in [1.54, 1.807) is 12.1 Å². The highest BCUT2D eigenvalue weighted by molar-refractivity contribution is 5.93. The van der Waals surface area contributed by atoms with Gasteiger partial charge in [0.1, 0.15) is 0 Å². The molecule has 3 aromatic rings. The minimum atomic E-state index is -0.489. The van der Waals surface area contributed by atoms with E-state index in [-0.39, 0.29) is 5.69 Å². The van der Waals surface area contributed by atoms with Gasteiger partial charge >= 0.3 is 0 Å². The maximum Gasteiger partial charge on any atom is 0.280 e. The van der Waals surface area contributed by atoms with Crippen molar-refractivity contribution in [2.45, 2.75) is 38.6 Å². The minimum absolute atomic E-state index is 0.125. The van der Waals surface area contributed by atoms with Crippen molar-refractivity contribution in [3.05, 3.63) is 57.3 Å². The second-order valence-electron chi connectivity index (χ2n) is 6.30. The van der Waals surface area contributed by atoms with Crippen LogP contribution in [0.3, 0.4) is 0 Å². The predicted molar refractivity (Wildman–Crippen MR) is 93.4 cm³/mol. The second kappa shape index (κ2) is 6.51. The van der Waals surface area contributed by atoms with Gasteiger partial charge in [0.2, 0.25) is 0 Å². The molecule has 0 fully saturated rings. The largest absolute Gasteiger partial charge is 0.345 e. The Morgan fingerprint density at radius 1 is 1.16 bits per heavy atom. The van der Waals surface area contributed by atoms with Crippen LogP contribution in [-0.4, -0.2) is 26.1 Å². The highest BCUT2D eigenvalue weighted by atomic mass is 16.2. The van der Waals surface area contributed by atoms with Gasteiger partial charge in [0.05, 0.1) is 23.3 Å². The van der Waals surface area contributed by atoms with E-state index in [2.05, 4.69) is 25.5 Å². The van der Waals surface area contributed by atoms with E-state index >= 15 is 0 Å². The Labute approximate surface area is 143 Å². The number of aryl methyl sites for hydroxylation is 1.